The van der Waals surface area contributed by atoms with E-state index in [2.05, 4.69) is 22.3 Å². The molecule has 0 radical (unpaired) electrons. The number of benzene rings is 3. The molecule has 0 unspecified atom stereocenters. The van der Waals surface area contributed by atoms with Crippen molar-refractivity contribution in [1.29, 1.82) is 0 Å². The molecule has 7 heteroatoms. The highest BCUT2D eigenvalue weighted by atomic mass is 16.6. The molecule has 3 aromatic rings. The van der Waals surface area contributed by atoms with Crippen LogP contribution in [-0.2, 0) is 34.0 Å². The van der Waals surface area contributed by atoms with Gasteiger partial charge in [0, 0.05) is 19.6 Å². The van der Waals surface area contributed by atoms with E-state index in [4.69, 9.17) is 14.2 Å². The van der Waals surface area contributed by atoms with Crippen molar-refractivity contribution in [2.45, 2.75) is 65.0 Å². The summed E-state index contributed by atoms with van der Waals surface area (Å²) in [7, 11) is 0. The van der Waals surface area contributed by atoms with Gasteiger partial charge in [-0.2, -0.15) is 0 Å². The molecule has 0 spiro atoms. The van der Waals surface area contributed by atoms with Crippen molar-refractivity contribution in [1.82, 2.24) is 10.2 Å². The van der Waals surface area contributed by atoms with E-state index in [0.717, 1.165) is 29.7 Å². The SMILES string of the molecule is CC(C)(C)OC(=O)NCCCCOc1ccc([C@@H](C(=O)OCc2ccccc2)N2Cc3ccccc3C2)cc1. The van der Waals surface area contributed by atoms with Gasteiger partial charge in [0.05, 0.1) is 6.61 Å². The van der Waals surface area contributed by atoms with E-state index in [1.807, 2.05) is 87.5 Å². The van der Waals surface area contributed by atoms with Crippen LogP contribution in [0.3, 0.4) is 0 Å². The number of carbonyl (C=O) groups is 2. The number of fused-ring (bicyclic) bond motifs is 1. The van der Waals surface area contributed by atoms with E-state index in [9.17, 15) is 9.59 Å². The molecule has 0 fully saturated rings. The maximum Gasteiger partial charge on any atom is 0.407 e. The Morgan fingerprint density at radius 2 is 1.51 bits per heavy atom. The first-order chi connectivity index (χ1) is 18.8. The average molecular weight is 531 g/mol. The van der Waals surface area contributed by atoms with Crippen LogP contribution in [-0.4, -0.2) is 35.7 Å². The fraction of sp³-hybridized carbons (Fsp3) is 0.375. The third-order valence-corrected chi connectivity index (χ3v) is 6.38. The summed E-state index contributed by atoms with van der Waals surface area (Å²) in [5, 5.41) is 2.76. The Morgan fingerprint density at radius 3 is 2.15 bits per heavy atom. The first kappa shape index (κ1) is 28.2. The Bertz CT molecular complexity index is 1200. The molecule has 3 aromatic carbocycles. The van der Waals surface area contributed by atoms with Gasteiger partial charge < -0.3 is 19.5 Å². The fourth-order valence-electron chi connectivity index (χ4n) is 4.51. The number of nitrogens with zero attached hydrogens (tertiary/aromatic N) is 1. The molecular weight excluding hydrogens is 492 g/mol. The molecule has 1 aliphatic heterocycles. The minimum Gasteiger partial charge on any atom is -0.494 e. The van der Waals surface area contributed by atoms with Crippen molar-refractivity contribution in [3.05, 3.63) is 101 Å². The number of unbranched alkanes of at least 4 members (excludes halogenated alkanes) is 1. The summed E-state index contributed by atoms with van der Waals surface area (Å²) >= 11 is 0. The molecule has 1 atom stereocenters. The first-order valence-corrected chi connectivity index (χ1v) is 13.5. The zero-order chi connectivity index (χ0) is 27.7. The molecule has 0 saturated carbocycles. The number of ether oxygens (including phenoxy) is 3. The molecule has 7 nitrogen and oxygen atoms in total. The molecule has 1 amide bonds. The highest BCUT2D eigenvalue weighted by Gasteiger charge is 2.33. The molecule has 0 aliphatic carbocycles. The number of amides is 1. The maximum absolute atomic E-state index is 13.4. The second-order valence-electron chi connectivity index (χ2n) is 10.7. The van der Waals surface area contributed by atoms with Gasteiger partial charge in [0.25, 0.3) is 0 Å². The highest BCUT2D eigenvalue weighted by molar-refractivity contribution is 5.78. The van der Waals surface area contributed by atoms with Gasteiger partial charge in [-0.25, -0.2) is 9.59 Å². The summed E-state index contributed by atoms with van der Waals surface area (Å²) in [5.74, 6) is 0.470. The van der Waals surface area contributed by atoms with Gasteiger partial charge >= 0.3 is 12.1 Å². The molecule has 1 heterocycles. The number of hydrogen-bond acceptors (Lipinski definition) is 6. The Balaban J connectivity index is 1.32. The van der Waals surface area contributed by atoms with Crippen LogP contribution in [0.25, 0.3) is 0 Å². The summed E-state index contributed by atoms with van der Waals surface area (Å²) < 4.78 is 16.9. The van der Waals surface area contributed by atoms with Gasteiger partial charge in [0.2, 0.25) is 0 Å². The van der Waals surface area contributed by atoms with Crippen LogP contribution in [0.5, 0.6) is 5.75 Å². The standard InChI is InChI=1S/C32H38N2O5/c1-32(2,3)39-31(36)33-19-9-10-20-37-28-17-15-25(16-18-28)29(30(35)38-23-24-11-5-4-6-12-24)34-21-26-13-7-8-14-27(26)22-34/h4-8,11-18,29H,9-10,19-23H2,1-3H3,(H,33,36)/t29-/m0/s1. The van der Waals surface area contributed by atoms with Crippen LogP contribution < -0.4 is 10.1 Å². The lowest BCUT2D eigenvalue weighted by Gasteiger charge is -2.26. The Kier molecular flexibility index (Phi) is 9.60. The summed E-state index contributed by atoms with van der Waals surface area (Å²) in [5.41, 5.74) is 3.79. The first-order valence-electron chi connectivity index (χ1n) is 13.5. The largest absolute Gasteiger partial charge is 0.494 e. The molecule has 206 valence electrons. The van der Waals surface area contributed by atoms with Crippen LogP contribution in [0, 0.1) is 0 Å². The van der Waals surface area contributed by atoms with E-state index in [-0.39, 0.29) is 12.6 Å². The molecular formula is C32H38N2O5. The highest BCUT2D eigenvalue weighted by Crippen LogP contribution is 2.33. The maximum atomic E-state index is 13.4. The number of rotatable bonds is 11. The number of hydrogen-bond donors (Lipinski definition) is 1. The third-order valence-electron chi connectivity index (χ3n) is 6.38. The van der Waals surface area contributed by atoms with Gasteiger partial charge in [-0.3, -0.25) is 4.90 Å². The quantitative estimate of drug-likeness (QED) is 0.236. The van der Waals surface area contributed by atoms with Crippen molar-refractivity contribution in [2.75, 3.05) is 13.2 Å². The van der Waals surface area contributed by atoms with Crippen molar-refractivity contribution in [3.63, 3.8) is 0 Å². The zero-order valence-electron chi connectivity index (χ0n) is 23.0. The zero-order valence-corrected chi connectivity index (χ0v) is 23.0. The third kappa shape index (κ3) is 8.58. The molecule has 0 saturated heterocycles. The lowest BCUT2D eigenvalue weighted by atomic mass is 10.1. The number of carbonyl (C=O) groups excluding carboxylic acids is 2. The molecule has 1 N–H and O–H groups in total. The average Bonchev–Trinajstić information content (AvgIpc) is 3.33. The summed E-state index contributed by atoms with van der Waals surface area (Å²) in [6.45, 7) is 8.19. The smallest absolute Gasteiger partial charge is 0.407 e. The normalized spacial score (nSPS) is 13.8. The molecule has 0 bridgehead atoms. The molecule has 39 heavy (non-hydrogen) atoms. The van der Waals surface area contributed by atoms with Crippen molar-refractivity contribution >= 4 is 12.1 Å². The molecule has 0 aromatic heterocycles. The minimum absolute atomic E-state index is 0.237. The van der Waals surface area contributed by atoms with E-state index in [1.165, 1.54) is 11.1 Å². The van der Waals surface area contributed by atoms with Crippen LogP contribution in [0.15, 0.2) is 78.9 Å². The van der Waals surface area contributed by atoms with Crippen molar-refractivity contribution in [3.8, 4) is 5.75 Å². The van der Waals surface area contributed by atoms with Crippen LogP contribution in [0.2, 0.25) is 0 Å². The summed E-state index contributed by atoms with van der Waals surface area (Å²) in [6, 6.07) is 25.2. The van der Waals surface area contributed by atoms with Gasteiger partial charge in [0.1, 0.15) is 24.0 Å². The molecule has 4 rings (SSSR count). The summed E-state index contributed by atoms with van der Waals surface area (Å²) in [4.78, 5) is 27.3. The Morgan fingerprint density at radius 1 is 0.872 bits per heavy atom. The number of alkyl carbamates (subject to hydrolysis) is 1. The number of esters is 1. The van der Waals surface area contributed by atoms with Crippen molar-refractivity contribution < 1.29 is 23.8 Å². The van der Waals surface area contributed by atoms with E-state index in [1.54, 1.807) is 0 Å². The van der Waals surface area contributed by atoms with Crippen LogP contribution in [0.1, 0.15) is 61.9 Å². The topological polar surface area (TPSA) is 77.1 Å². The van der Waals surface area contributed by atoms with Crippen LogP contribution >= 0.6 is 0 Å². The van der Waals surface area contributed by atoms with E-state index < -0.39 is 17.7 Å². The fourth-order valence-corrected chi connectivity index (χ4v) is 4.51. The minimum atomic E-state index is -0.519. The van der Waals surface area contributed by atoms with Gasteiger partial charge in [-0.05, 0) is 68.0 Å². The van der Waals surface area contributed by atoms with E-state index in [0.29, 0.717) is 26.2 Å². The predicted octanol–water partition coefficient (Wildman–Crippen LogP) is 6.17. The lowest BCUT2D eigenvalue weighted by molar-refractivity contribution is -0.152. The number of nitrogens with one attached hydrogen (secondary N) is 1. The molecule has 1 aliphatic rings. The monoisotopic (exact) mass is 530 g/mol. The van der Waals surface area contributed by atoms with Gasteiger partial charge in [-0.15, -0.1) is 0 Å². The second kappa shape index (κ2) is 13.3. The predicted molar refractivity (Wildman–Crippen MR) is 150 cm³/mol. The van der Waals surface area contributed by atoms with Gasteiger partial charge in [-0.1, -0.05) is 66.7 Å². The Hall–Kier alpha value is -3.84. The van der Waals surface area contributed by atoms with E-state index >= 15 is 0 Å². The van der Waals surface area contributed by atoms with Gasteiger partial charge in [0.15, 0.2) is 0 Å². The summed E-state index contributed by atoms with van der Waals surface area (Å²) in [6.07, 6.45) is 1.16. The lowest BCUT2D eigenvalue weighted by Crippen LogP contribution is -2.33. The van der Waals surface area contributed by atoms with Crippen LogP contribution in [0.4, 0.5) is 4.79 Å². The Labute approximate surface area is 231 Å². The van der Waals surface area contributed by atoms with Crippen molar-refractivity contribution in [2.24, 2.45) is 0 Å². The second-order valence-corrected chi connectivity index (χ2v) is 10.7.